The molecule has 2 rings (SSSR count). The van der Waals surface area contributed by atoms with Gasteiger partial charge in [0.25, 0.3) is 0 Å². The smallest absolute Gasteiger partial charge is 0.166 e. The van der Waals surface area contributed by atoms with Crippen LogP contribution in [0.3, 0.4) is 0 Å². The summed E-state index contributed by atoms with van der Waals surface area (Å²) in [7, 11) is 0. The maximum atomic E-state index is 5.67. The topological polar surface area (TPSA) is 54.7 Å². The van der Waals surface area contributed by atoms with E-state index in [2.05, 4.69) is 9.97 Å². The van der Waals surface area contributed by atoms with E-state index in [0.29, 0.717) is 0 Å². The summed E-state index contributed by atoms with van der Waals surface area (Å²) in [5.41, 5.74) is 7.77. The van der Waals surface area contributed by atoms with Gasteiger partial charge in [0.1, 0.15) is 0 Å². The highest BCUT2D eigenvalue weighted by atomic mass is 32.2. The Labute approximate surface area is 87.1 Å². The van der Waals surface area contributed by atoms with Crippen molar-refractivity contribution >= 4 is 22.8 Å². The molecule has 3 N–H and O–H groups in total. The Morgan fingerprint density at radius 2 is 2.29 bits per heavy atom. The van der Waals surface area contributed by atoms with Gasteiger partial charge in [0, 0.05) is 11.8 Å². The Hall–Kier alpha value is -1.00. The van der Waals surface area contributed by atoms with Gasteiger partial charge >= 0.3 is 0 Å². The number of hydrogen-bond acceptors (Lipinski definition) is 3. The molecule has 0 saturated carbocycles. The van der Waals surface area contributed by atoms with Crippen molar-refractivity contribution in [3.63, 3.8) is 0 Å². The number of rotatable bonds is 3. The molecule has 74 valence electrons. The van der Waals surface area contributed by atoms with Crippen molar-refractivity contribution in [3.8, 4) is 0 Å². The molecule has 0 amide bonds. The minimum Gasteiger partial charge on any atom is -0.333 e. The highest BCUT2D eigenvalue weighted by Gasteiger charge is 2.03. The second-order valence-corrected chi connectivity index (χ2v) is 4.36. The highest BCUT2D eigenvalue weighted by Crippen LogP contribution is 2.19. The summed E-state index contributed by atoms with van der Waals surface area (Å²) in [6, 6.07) is 8.22. The van der Waals surface area contributed by atoms with Crippen LogP contribution in [0.4, 0.5) is 0 Å². The first-order valence-corrected chi connectivity index (χ1v) is 5.57. The zero-order chi connectivity index (χ0) is 9.97. The van der Waals surface area contributed by atoms with Crippen LogP contribution in [0.25, 0.3) is 11.0 Å². The molecule has 1 aromatic carbocycles. The van der Waals surface area contributed by atoms with Crippen molar-refractivity contribution in [2.24, 2.45) is 5.73 Å². The standard InChI is InChI=1S/C10H13N3S/c1-7(11)6-14-10-12-8-4-2-3-5-9(8)13-10/h2-5,7H,6,11H2,1H3,(H,12,13)/t7-/m0/s1. The summed E-state index contributed by atoms with van der Waals surface area (Å²) in [6.45, 7) is 2.00. The van der Waals surface area contributed by atoms with Crippen LogP contribution in [-0.2, 0) is 0 Å². The zero-order valence-electron chi connectivity index (χ0n) is 8.03. The van der Waals surface area contributed by atoms with E-state index < -0.39 is 0 Å². The van der Waals surface area contributed by atoms with E-state index in [1.54, 1.807) is 11.8 Å². The van der Waals surface area contributed by atoms with Crippen LogP contribution in [0.1, 0.15) is 6.92 Å². The third-order valence-electron chi connectivity index (χ3n) is 1.85. The van der Waals surface area contributed by atoms with E-state index in [0.717, 1.165) is 21.9 Å². The predicted molar refractivity (Wildman–Crippen MR) is 60.5 cm³/mol. The summed E-state index contributed by atoms with van der Waals surface area (Å²) in [4.78, 5) is 7.68. The molecule has 0 aliphatic carbocycles. The molecule has 1 heterocycles. The first kappa shape index (κ1) is 9.55. The van der Waals surface area contributed by atoms with Crippen LogP contribution in [0.5, 0.6) is 0 Å². The number of nitrogens with two attached hydrogens (primary N) is 1. The fourth-order valence-corrected chi connectivity index (χ4v) is 1.97. The molecule has 0 spiro atoms. The predicted octanol–water partition coefficient (Wildman–Crippen LogP) is 2.00. The van der Waals surface area contributed by atoms with E-state index in [-0.39, 0.29) is 6.04 Å². The van der Waals surface area contributed by atoms with Crippen molar-refractivity contribution < 1.29 is 0 Å². The number of aromatic nitrogens is 2. The van der Waals surface area contributed by atoms with Crippen molar-refractivity contribution in [1.82, 2.24) is 9.97 Å². The first-order valence-electron chi connectivity index (χ1n) is 4.59. The average molecular weight is 207 g/mol. The molecule has 0 fully saturated rings. The fourth-order valence-electron chi connectivity index (χ4n) is 1.21. The minimum absolute atomic E-state index is 0.202. The van der Waals surface area contributed by atoms with Crippen LogP contribution in [-0.4, -0.2) is 21.8 Å². The molecule has 1 atom stereocenters. The lowest BCUT2D eigenvalue weighted by Gasteiger charge is -2.00. The normalized spacial score (nSPS) is 13.3. The van der Waals surface area contributed by atoms with Gasteiger partial charge in [-0.15, -0.1) is 0 Å². The van der Waals surface area contributed by atoms with Gasteiger partial charge in [0.05, 0.1) is 11.0 Å². The first-order chi connectivity index (χ1) is 6.75. The average Bonchev–Trinajstić information content (AvgIpc) is 2.57. The van der Waals surface area contributed by atoms with Gasteiger partial charge in [-0.25, -0.2) is 4.98 Å². The van der Waals surface area contributed by atoms with Gasteiger partial charge in [-0.05, 0) is 19.1 Å². The number of fused-ring (bicyclic) bond motifs is 1. The van der Waals surface area contributed by atoms with Gasteiger partial charge < -0.3 is 10.7 Å². The second kappa shape index (κ2) is 4.02. The largest absolute Gasteiger partial charge is 0.333 e. The molecule has 14 heavy (non-hydrogen) atoms. The third kappa shape index (κ3) is 2.08. The summed E-state index contributed by atoms with van der Waals surface area (Å²) in [5.74, 6) is 0.889. The number of imidazole rings is 1. The lowest BCUT2D eigenvalue weighted by molar-refractivity contribution is 0.844. The van der Waals surface area contributed by atoms with Crippen LogP contribution in [0, 0.1) is 0 Å². The molecule has 4 heteroatoms. The Bertz CT molecular complexity index is 389. The number of thioether (sulfide) groups is 1. The van der Waals surface area contributed by atoms with E-state index in [1.165, 1.54) is 0 Å². The van der Waals surface area contributed by atoms with Crippen molar-refractivity contribution in [2.45, 2.75) is 18.1 Å². The molecule has 1 aromatic heterocycles. The van der Waals surface area contributed by atoms with Gasteiger partial charge in [0.2, 0.25) is 0 Å². The molecule has 0 unspecified atom stereocenters. The monoisotopic (exact) mass is 207 g/mol. The third-order valence-corrected chi connectivity index (χ3v) is 3.01. The second-order valence-electron chi connectivity index (χ2n) is 3.35. The maximum Gasteiger partial charge on any atom is 0.166 e. The lowest BCUT2D eigenvalue weighted by atomic mass is 10.3. The van der Waals surface area contributed by atoms with E-state index >= 15 is 0 Å². The highest BCUT2D eigenvalue weighted by molar-refractivity contribution is 7.99. The Kier molecular flexibility index (Phi) is 2.74. The fraction of sp³-hybridized carbons (Fsp3) is 0.300. The molecular weight excluding hydrogens is 194 g/mol. The Balaban J connectivity index is 2.19. The Morgan fingerprint density at radius 3 is 3.00 bits per heavy atom. The quantitative estimate of drug-likeness (QED) is 0.757. The van der Waals surface area contributed by atoms with Gasteiger partial charge in [-0.2, -0.15) is 0 Å². The lowest BCUT2D eigenvalue weighted by Crippen LogP contribution is -2.17. The number of hydrogen-bond donors (Lipinski definition) is 2. The molecule has 0 aliphatic heterocycles. The zero-order valence-corrected chi connectivity index (χ0v) is 8.84. The minimum atomic E-state index is 0.202. The van der Waals surface area contributed by atoms with E-state index in [9.17, 15) is 0 Å². The number of nitrogens with one attached hydrogen (secondary N) is 1. The van der Waals surface area contributed by atoms with Crippen LogP contribution in [0.15, 0.2) is 29.4 Å². The Morgan fingerprint density at radius 1 is 1.50 bits per heavy atom. The SMILES string of the molecule is C[C@H](N)CSc1nc2ccccc2[nH]1. The molecular formula is C10H13N3S. The molecule has 0 aliphatic rings. The van der Waals surface area contributed by atoms with Gasteiger partial charge in [0.15, 0.2) is 5.16 Å². The number of nitrogens with zero attached hydrogens (tertiary/aromatic N) is 1. The number of H-pyrrole nitrogens is 1. The van der Waals surface area contributed by atoms with Gasteiger partial charge in [-0.3, -0.25) is 0 Å². The van der Waals surface area contributed by atoms with E-state index in [1.807, 2.05) is 31.2 Å². The summed E-state index contributed by atoms with van der Waals surface area (Å²) in [5, 5.41) is 0.948. The molecule has 0 radical (unpaired) electrons. The van der Waals surface area contributed by atoms with Crippen molar-refractivity contribution in [1.29, 1.82) is 0 Å². The maximum absolute atomic E-state index is 5.67. The molecule has 0 bridgehead atoms. The summed E-state index contributed by atoms with van der Waals surface area (Å²) >= 11 is 1.66. The molecule has 2 aromatic rings. The van der Waals surface area contributed by atoms with Crippen molar-refractivity contribution in [2.75, 3.05) is 5.75 Å². The molecule has 0 saturated heterocycles. The number of aromatic amines is 1. The summed E-state index contributed by atoms with van der Waals surface area (Å²) < 4.78 is 0. The molecule has 3 nitrogen and oxygen atoms in total. The number of benzene rings is 1. The van der Waals surface area contributed by atoms with E-state index in [4.69, 9.17) is 5.73 Å². The summed E-state index contributed by atoms with van der Waals surface area (Å²) in [6.07, 6.45) is 0. The van der Waals surface area contributed by atoms with Gasteiger partial charge in [-0.1, -0.05) is 23.9 Å². The van der Waals surface area contributed by atoms with Crippen molar-refractivity contribution in [3.05, 3.63) is 24.3 Å². The van der Waals surface area contributed by atoms with Crippen LogP contribution >= 0.6 is 11.8 Å². The number of para-hydroxylation sites is 2. The van der Waals surface area contributed by atoms with Crippen LogP contribution < -0.4 is 5.73 Å². The van der Waals surface area contributed by atoms with Crippen LogP contribution in [0.2, 0.25) is 0 Å².